The van der Waals surface area contributed by atoms with Gasteiger partial charge in [0, 0.05) is 42.7 Å². The van der Waals surface area contributed by atoms with Crippen molar-refractivity contribution >= 4 is 34.9 Å². The van der Waals surface area contributed by atoms with Gasteiger partial charge < -0.3 is 29.7 Å². The van der Waals surface area contributed by atoms with E-state index in [0.29, 0.717) is 42.1 Å². The molecule has 212 valence electrons. The van der Waals surface area contributed by atoms with Crippen LogP contribution in [0.1, 0.15) is 49.9 Å². The summed E-state index contributed by atoms with van der Waals surface area (Å²) in [4.78, 5) is 19.0. The molecule has 2 saturated heterocycles. The molecular weight excluding hydrogens is 519 g/mol. The van der Waals surface area contributed by atoms with Gasteiger partial charge in [0.1, 0.15) is 5.75 Å². The van der Waals surface area contributed by atoms with Crippen LogP contribution in [0.2, 0.25) is 0 Å². The van der Waals surface area contributed by atoms with Crippen LogP contribution in [-0.2, 0) is 4.74 Å². The number of morpholine rings is 1. The highest BCUT2D eigenvalue weighted by Crippen LogP contribution is 2.54. The first-order valence-electron chi connectivity index (χ1n) is 13.8. The van der Waals surface area contributed by atoms with Crippen molar-refractivity contribution in [2.75, 3.05) is 61.4 Å². The summed E-state index contributed by atoms with van der Waals surface area (Å²) in [7, 11) is 0. The van der Waals surface area contributed by atoms with Crippen LogP contribution in [0, 0.1) is 5.41 Å². The number of hydrogen-bond acceptors (Lipinski definition) is 8. The van der Waals surface area contributed by atoms with Crippen LogP contribution in [0.3, 0.4) is 0 Å². The van der Waals surface area contributed by atoms with Crippen LogP contribution in [0.25, 0.3) is 0 Å². The van der Waals surface area contributed by atoms with Crippen molar-refractivity contribution in [1.29, 1.82) is 0 Å². The van der Waals surface area contributed by atoms with Crippen molar-refractivity contribution in [3.63, 3.8) is 0 Å². The standard InChI is InChI=1S/C29H39FN4O4S/c1-20(18-35)32-39-23-4-5-24(25(16-23)33-11-9-29(7-8-29)10-12-33)31-28(36)22-3-6-27(38-19-30)26(15-22)34-13-14-37-21(2)17-34/h3-6,15-16,20-21,32,35H,7-14,17-19H2,1-2H3,(H,31,36)/t20-,21+/m0/s1. The third-order valence-corrected chi connectivity index (χ3v) is 9.01. The molecule has 2 aromatic rings. The summed E-state index contributed by atoms with van der Waals surface area (Å²) in [5.74, 6) is 0.186. The Hall–Kier alpha value is -2.53. The van der Waals surface area contributed by atoms with Gasteiger partial charge in [0.2, 0.25) is 6.86 Å². The van der Waals surface area contributed by atoms with Crippen molar-refractivity contribution < 1.29 is 23.8 Å². The van der Waals surface area contributed by atoms with Gasteiger partial charge in [-0.3, -0.25) is 9.52 Å². The van der Waals surface area contributed by atoms with Crippen molar-refractivity contribution in [2.45, 2.75) is 56.6 Å². The number of carbonyl (C=O) groups excluding carboxylic acids is 1. The van der Waals surface area contributed by atoms with Crippen molar-refractivity contribution in [2.24, 2.45) is 5.41 Å². The minimum absolute atomic E-state index is 0.0302. The fourth-order valence-corrected chi connectivity index (χ4v) is 6.08. The maximum absolute atomic E-state index is 13.5. The molecule has 3 aliphatic rings. The highest BCUT2D eigenvalue weighted by Gasteiger charge is 2.44. The summed E-state index contributed by atoms with van der Waals surface area (Å²) < 4.78 is 27.3. The second-order valence-electron chi connectivity index (χ2n) is 11.0. The first-order valence-corrected chi connectivity index (χ1v) is 14.6. The van der Waals surface area contributed by atoms with E-state index in [0.717, 1.165) is 29.4 Å². The van der Waals surface area contributed by atoms with Crippen LogP contribution in [0.15, 0.2) is 41.3 Å². The van der Waals surface area contributed by atoms with Crippen LogP contribution >= 0.6 is 11.9 Å². The number of nitrogens with one attached hydrogen (secondary N) is 2. The van der Waals surface area contributed by atoms with Gasteiger partial charge in [0.25, 0.3) is 5.91 Å². The zero-order valence-corrected chi connectivity index (χ0v) is 23.6. The molecule has 2 atom stereocenters. The van der Waals surface area contributed by atoms with Crippen molar-refractivity contribution in [3.8, 4) is 5.75 Å². The molecule has 10 heteroatoms. The minimum Gasteiger partial charge on any atom is -0.461 e. The molecule has 8 nitrogen and oxygen atoms in total. The smallest absolute Gasteiger partial charge is 0.255 e. The number of benzene rings is 2. The molecule has 0 bridgehead atoms. The summed E-state index contributed by atoms with van der Waals surface area (Å²) in [5, 5.41) is 12.5. The Bertz CT molecular complexity index is 1150. The Kier molecular flexibility index (Phi) is 8.86. The molecule has 1 aliphatic carbocycles. The van der Waals surface area contributed by atoms with Crippen molar-refractivity contribution in [3.05, 3.63) is 42.0 Å². The maximum Gasteiger partial charge on any atom is 0.255 e. The number of nitrogens with zero attached hydrogens (tertiary/aromatic N) is 2. The van der Waals surface area contributed by atoms with Gasteiger partial charge in [-0.15, -0.1) is 0 Å². The number of amides is 1. The number of carbonyl (C=O) groups is 1. The van der Waals surface area contributed by atoms with E-state index < -0.39 is 6.86 Å². The molecule has 2 heterocycles. The number of ether oxygens (including phenoxy) is 2. The molecule has 2 aromatic carbocycles. The summed E-state index contributed by atoms with van der Waals surface area (Å²) in [6.45, 7) is 6.81. The predicted molar refractivity (Wildman–Crippen MR) is 154 cm³/mol. The summed E-state index contributed by atoms with van der Waals surface area (Å²) >= 11 is 1.48. The molecule has 2 aliphatic heterocycles. The Labute approximate surface area is 234 Å². The van der Waals surface area contributed by atoms with E-state index in [2.05, 4.69) is 25.9 Å². The Morgan fingerprint density at radius 2 is 1.95 bits per heavy atom. The second kappa shape index (κ2) is 12.3. The average Bonchev–Trinajstić information content (AvgIpc) is 3.71. The van der Waals surface area contributed by atoms with E-state index in [9.17, 15) is 14.3 Å². The number of rotatable bonds is 10. The van der Waals surface area contributed by atoms with Crippen LogP contribution < -0.4 is 24.6 Å². The topological polar surface area (TPSA) is 86.3 Å². The molecule has 39 heavy (non-hydrogen) atoms. The largest absolute Gasteiger partial charge is 0.461 e. The highest BCUT2D eigenvalue weighted by atomic mass is 32.2. The Morgan fingerprint density at radius 1 is 1.15 bits per heavy atom. The number of piperidine rings is 1. The van der Waals surface area contributed by atoms with Crippen molar-refractivity contribution in [1.82, 2.24) is 4.72 Å². The third-order valence-electron chi connectivity index (χ3n) is 8.00. The fraction of sp³-hybridized carbons (Fsp3) is 0.552. The zero-order chi connectivity index (χ0) is 27.4. The lowest BCUT2D eigenvalue weighted by molar-refractivity contribution is 0.0529. The summed E-state index contributed by atoms with van der Waals surface area (Å²) in [5.41, 5.74) is 3.48. The molecule has 1 spiro atoms. The number of aliphatic hydroxyl groups excluding tert-OH is 1. The number of alkyl halides is 1. The average molecular weight is 559 g/mol. The van der Waals surface area contributed by atoms with Gasteiger partial charge in [0.05, 0.1) is 36.4 Å². The van der Waals surface area contributed by atoms with E-state index in [1.54, 1.807) is 18.2 Å². The predicted octanol–water partition coefficient (Wildman–Crippen LogP) is 4.83. The lowest BCUT2D eigenvalue weighted by Crippen LogP contribution is -2.41. The van der Waals surface area contributed by atoms with E-state index >= 15 is 0 Å². The summed E-state index contributed by atoms with van der Waals surface area (Å²) in [6, 6.07) is 11.1. The molecule has 3 N–H and O–H groups in total. The molecule has 1 saturated carbocycles. The van der Waals surface area contributed by atoms with E-state index in [4.69, 9.17) is 9.47 Å². The van der Waals surface area contributed by atoms with Gasteiger partial charge in [-0.25, -0.2) is 4.39 Å². The van der Waals surface area contributed by atoms with Crippen LogP contribution in [0.5, 0.6) is 5.75 Å². The monoisotopic (exact) mass is 558 g/mol. The summed E-state index contributed by atoms with van der Waals surface area (Å²) in [6.07, 6.45) is 5.04. The molecule has 0 unspecified atom stereocenters. The van der Waals surface area contributed by atoms with Crippen LogP contribution in [0.4, 0.5) is 21.5 Å². The first kappa shape index (κ1) is 28.0. The highest BCUT2D eigenvalue weighted by molar-refractivity contribution is 7.97. The minimum atomic E-state index is -0.935. The zero-order valence-electron chi connectivity index (χ0n) is 22.7. The fourth-order valence-electron chi connectivity index (χ4n) is 5.37. The number of aliphatic hydroxyl groups is 1. The molecule has 3 fully saturated rings. The van der Waals surface area contributed by atoms with Gasteiger partial charge in [-0.1, -0.05) is 0 Å². The SMILES string of the molecule is C[C@@H]1CN(c2cc(C(=O)Nc3ccc(SN[C@@H](C)CO)cc3N3CCC4(CC3)CC4)ccc2OCF)CCO1. The van der Waals surface area contributed by atoms with Gasteiger partial charge >= 0.3 is 0 Å². The number of hydrogen-bond donors (Lipinski definition) is 3. The first-order chi connectivity index (χ1) is 18.9. The molecule has 1 amide bonds. The lowest BCUT2D eigenvalue weighted by atomic mass is 9.93. The molecule has 5 rings (SSSR count). The van der Waals surface area contributed by atoms with Crippen LogP contribution in [-0.4, -0.2) is 69.4 Å². The Morgan fingerprint density at radius 3 is 2.64 bits per heavy atom. The Balaban J connectivity index is 1.38. The van der Waals surface area contributed by atoms with Gasteiger partial charge in [-0.05, 0) is 93.3 Å². The van der Waals surface area contributed by atoms with E-state index in [1.165, 1.54) is 37.6 Å². The molecule has 0 radical (unpaired) electrons. The normalized spacial score (nSPS) is 21.1. The molecule has 0 aromatic heterocycles. The maximum atomic E-state index is 13.5. The third kappa shape index (κ3) is 6.80. The second-order valence-corrected chi connectivity index (χ2v) is 11.9. The number of anilines is 3. The van der Waals surface area contributed by atoms with E-state index in [1.807, 2.05) is 26.0 Å². The molecular formula is C29H39FN4O4S. The number of halogens is 1. The van der Waals surface area contributed by atoms with Gasteiger partial charge in [-0.2, -0.15) is 0 Å². The van der Waals surface area contributed by atoms with E-state index in [-0.39, 0.29) is 24.7 Å². The quantitative estimate of drug-likeness (QED) is 0.358. The lowest BCUT2D eigenvalue weighted by Gasteiger charge is -2.35. The van der Waals surface area contributed by atoms with Gasteiger partial charge in [0.15, 0.2) is 0 Å².